The van der Waals surface area contributed by atoms with Crippen molar-refractivity contribution in [2.24, 2.45) is 4.88 Å². The molecule has 0 bridgehead atoms. The molecule has 0 amide bonds. The number of nitrogens with zero attached hydrogens (tertiary/aromatic N) is 7. The third-order valence-electron chi connectivity index (χ3n) is 8.90. The summed E-state index contributed by atoms with van der Waals surface area (Å²) in [4.78, 5) is 34.3. The summed E-state index contributed by atoms with van der Waals surface area (Å²) in [5.74, 6) is 2.38. The molecule has 0 fully saturated rings. The van der Waals surface area contributed by atoms with E-state index in [1.54, 1.807) is 104 Å². The number of pyridine rings is 4. The van der Waals surface area contributed by atoms with Gasteiger partial charge >= 0.3 is 13.7 Å². The summed E-state index contributed by atoms with van der Waals surface area (Å²) >= 11 is 0. The van der Waals surface area contributed by atoms with Crippen LogP contribution in [0.4, 0.5) is 5.69 Å². The van der Waals surface area contributed by atoms with E-state index in [2.05, 4.69) is 29.7 Å². The standard InChI is InChI=1S/C16H10N2O4.C15H11N3O2.C12H10N3O3P.2CH4/c19-16(20)10-6-13(18-12-3-4-17-7-11(10)12)9-1-2-14-15(5-9)22-8-21-14;16-11-6-13(18-12-3-4-17-7-10(11)12)9-1-2-14-15(5-9)20-8-19-14;13-14-15-19(16,17-11-7-3-1-4-8-11)18-12-9-5-2-6-10-12;;/h1-7H,8H2,(H,19,20);1-7H,8H2,(H2,16,18);1-10H;2*1H4. The number of carbonyl (C=O) groups is 1. The molecule has 0 radical (unpaired) electrons. The number of benzene rings is 4. The van der Waals surface area contributed by atoms with Crippen molar-refractivity contribution in [3.05, 3.63) is 162 Å². The van der Waals surface area contributed by atoms with Crippen LogP contribution in [0.1, 0.15) is 25.2 Å². The minimum Gasteiger partial charge on any atom is -0.478 e. The molecule has 10 rings (SSSR count). The molecule has 0 atom stereocenters. The van der Waals surface area contributed by atoms with Crippen LogP contribution in [0.3, 0.4) is 0 Å². The number of azide groups is 1. The lowest BCUT2D eigenvalue weighted by Gasteiger charge is -2.14. The molecule has 0 spiro atoms. The molecule has 63 heavy (non-hydrogen) atoms. The van der Waals surface area contributed by atoms with E-state index in [1.807, 2.05) is 36.4 Å². The van der Waals surface area contributed by atoms with Crippen molar-refractivity contribution in [3.8, 4) is 57.0 Å². The van der Waals surface area contributed by atoms with Gasteiger partial charge in [0.25, 0.3) is 0 Å². The summed E-state index contributed by atoms with van der Waals surface area (Å²) in [7, 11) is -3.95. The van der Waals surface area contributed by atoms with Crippen molar-refractivity contribution in [1.82, 2.24) is 19.9 Å². The quantitative estimate of drug-likeness (QED) is 0.0625. The number of carboxylic acid groups (broad SMARTS) is 1. The van der Waals surface area contributed by atoms with Crippen LogP contribution in [-0.4, -0.2) is 44.6 Å². The van der Waals surface area contributed by atoms with Crippen molar-refractivity contribution in [2.45, 2.75) is 14.9 Å². The van der Waals surface area contributed by atoms with Crippen LogP contribution in [-0.2, 0) is 4.57 Å². The van der Waals surface area contributed by atoms with Gasteiger partial charge in [0.1, 0.15) is 11.5 Å². The molecule has 4 aromatic carbocycles. The van der Waals surface area contributed by atoms with Gasteiger partial charge in [-0.3, -0.25) is 9.97 Å². The van der Waals surface area contributed by atoms with Crippen LogP contribution in [0.5, 0.6) is 34.5 Å². The maximum Gasteiger partial charge on any atom is 0.525 e. The summed E-state index contributed by atoms with van der Waals surface area (Å²) in [6.45, 7) is 0.452. The molecule has 3 N–H and O–H groups in total. The first-order valence-electron chi connectivity index (χ1n) is 18.2. The molecule has 2 aliphatic heterocycles. The molecule has 2 aliphatic rings. The summed E-state index contributed by atoms with van der Waals surface area (Å²) in [6.07, 6.45) is 6.53. The van der Waals surface area contributed by atoms with Crippen LogP contribution in [0, 0.1) is 0 Å². The van der Waals surface area contributed by atoms with Gasteiger partial charge in [0.2, 0.25) is 13.6 Å². The van der Waals surface area contributed by atoms with E-state index in [-0.39, 0.29) is 34.0 Å². The topological polar surface area (TPSA) is 236 Å². The fourth-order valence-corrected chi connectivity index (χ4v) is 7.06. The Balaban J connectivity index is 0.000000155. The van der Waals surface area contributed by atoms with E-state index >= 15 is 0 Å². The van der Waals surface area contributed by atoms with Gasteiger partial charge in [0, 0.05) is 62.2 Å². The smallest absolute Gasteiger partial charge is 0.478 e. The number of hydrogen-bond donors (Lipinski definition) is 2. The lowest BCUT2D eigenvalue weighted by molar-refractivity contribution is 0.0699. The Kier molecular flexibility index (Phi) is 13.9. The number of nitrogen functional groups attached to an aromatic ring is 1. The van der Waals surface area contributed by atoms with Gasteiger partial charge in [-0.2, -0.15) is 0 Å². The van der Waals surface area contributed by atoms with E-state index in [1.165, 1.54) is 6.20 Å². The van der Waals surface area contributed by atoms with Crippen LogP contribution < -0.4 is 33.7 Å². The van der Waals surface area contributed by atoms with Gasteiger partial charge < -0.3 is 38.8 Å². The molecule has 4 aromatic heterocycles. The minimum atomic E-state index is -3.95. The first-order chi connectivity index (χ1) is 29.7. The van der Waals surface area contributed by atoms with Gasteiger partial charge in [-0.25, -0.2) is 19.3 Å². The molecule has 8 aromatic rings. The Morgan fingerprint density at radius 1 is 0.667 bits per heavy atom. The number of rotatable bonds is 8. The second kappa shape index (κ2) is 19.8. The molecule has 0 saturated carbocycles. The average Bonchev–Trinajstić information content (AvgIpc) is 3.97. The SMILES string of the molecule is C.C.Nc1cc(-c2ccc3c(c2)OCO3)nc2ccncc12.O=C(O)c1cc(-c2ccc3c(c2)OCO3)nc2ccncc12.[N-]=[N+]=NP(=O)(Oc1ccccc1)Oc1ccccc1. The van der Waals surface area contributed by atoms with E-state index in [0.29, 0.717) is 45.3 Å². The summed E-state index contributed by atoms with van der Waals surface area (Å²) in [6, 6.07) is 34.8. The average molecular weight is 867 g/mol. The number of aromatic carboxylic acids is 1. The fraction of sp³-hybridized carbons (Fsp3) is 0.0889. The highest BCUT2D eigenvalue weighted by Crippen LogP contribution is 2.50. The summed E-state index contributed by atoms with van der Waals surface area (Å²) < 4.78 is 43.9. The number of aromatic nitrogens is 4. The highest BCUT2D eigenvalue weighted by Gasteiger charge is 2.27. The maximum atomic E-state index is 12.3. The fourth-order valence-electron chi connectivity index (χ4n) is 6.08. The first kappa shape index (κ1) is 44.2. The van der Waals surface area contributed by atoms with Crippen LogP contribution in [0.2, 0.25) is 0 Å². The maximum absolute atomic E-state index is 12.3. The van der Waals surface area contributed by atoms with E-state index < -0.39 is 13.7 Å². The first-order valence-corrected chi connectivity index (χ1v) is 19.7. The molecule has 6 heterocycles. The molecule has 0 saturated heterocycles. The number of hydrogen-bond acceptors (Lipinski definition) is 13. The van der Waals surface area contributed by atoms with Crippen molar-refractivity contribution >= 4 is 41.2 Å². The predicted octanol–water partition coefficient (Wildman–Crippen LogP) is 11.2. The third kappa shape index (κ3) is 10.3. The lowest BCUT2D eigenvalue weighted by Crippen LogP contribution is -2.00. The van der Waals surface area contributed by atoms with Crippen molar-refractivity contribution in [2.75, 3.05) is 19.3 Å². The number of fused-ring (bicyclic) bond motifs is 4. The Hall–Kier alpha value is -8.39. The summed E-state index contributed by atoms with van der Waals surface area (Å²) in [5, 5.41) is 10.8. The molecular weight excluding hydrogens is 828 g/mol. The number of para-hydroxylation sites is 2. The Labute approximate surface area is 360 Å². The number of nitrogens with two attached hydrogens (primary N) is 1. The van der Waals surface area contributed by atoms with Gasteiger partial charge in [-0.1, -0.05) is 51.3 Å². The molecule has 0 unspecified atom stereocenters. The van der Waals surface area contributed by atoms with Crippen molar-refractivity contribution in [1.29, 1.82) is 0 Å². The zero-order valence-corrected chi connectivity index (χ0v) is 32.5. The second-order valence-electron chi connectivity index (χ2n) is 12.8. The number of carboxylic acids is 1. The van der Waals surface area contributed by atoms with Crippen molar-refractivity contribution < 1.29 is 42.5 Å². The molecular formula is C45H39N8O9P. The van der Waals surface area contributed by atoms with Gasteiger partial charge in [-0.15, -0.1) is 0 Å². The van der Waals surface area contributed by atoms with E-state index in [4.69, 9.17) is 39.3 Å². The van der Waals surface area contributed by atoms with Gasteiger partial charge in [-0.05, 0) is 90.5 Å². The second-order valence-corrected chi connectivity index (χ2v) is 14.3. The number of ether oxygens (including phenoxy) is 4. The van der Waals surface area contributed by atoms with Gasteiger partial charge in [0.15, 0.2) is 23.0 Å². The Morgan fingerprint density at radius 3 is 1.65 bits per heavy atom. The lowest BCUT2D eigenvalue weighted by atomic mass is 10.1. The molecule has 318 valence electrons. The highest BCUT2D eigenvalue weighted by atomic mass is 31.2. The molecule has 17 nitrogen and oxygen atoms in total. The highest BCUT2D eigenvalue weighted by molar-refractivity contribution is 7.53. The van der Waals surface area contributed by atoms with Gasteiger partial charge in [0.05, 0.1) is 28.0 Å². The van der Waals surface area contributed by atoms with E-state index in [0.717, 1.165) is 39.2 Å². The van der Waals surface area contributed by atoms with Crippen LogP contribution in [0.25, 0.3) is 54.8 Å². The zero-order valence-electron chi connectivity index (χ0n) is 31.6. The van der Waals surface area contributed by atoms with Crippen molar-refractivity contribution in [3.63, 3.8) is 0 Å². The summed E-state index contributed by atoms with van der Waals surface area (Å²) in [5.41, 5.74) is 19.9. The number of anilines is 1. The van der Waals surface area contributed by atoms with Crippen LogP contribution in [0.15, 0.2) is 151 Å². The van der Waals surface area contributed by atoms with Crippen LogP contribution >= 0.6 is 7.75 Å². The predicted molar refractivity (Wildman–Crippen MR) is 238 cm³/mol. The monoisotopic (exact) mass is 866 g/mol. The zero-order chi connectivity index (χ0) is 42.2. The third-order valence-corrected chi connectivity index (χ3v) is 10.1. The molecule has 18 heteroatoms. The minimum absolute atomic E-state index is 0. The Morgan fingerprint density at radius 2 is 1.14 bits per heavy atom. The largest absolute Gasteiger partial charge is 0.525 e. The Bertz CT molecular complexity index is 2950. The normalized spacial score (nSPS) is 11.6. The van der Waals surface area contributed by atoms with E-state index in [9.17, 15) is 14.5 Å². The molecule has 0 aliphatic carbocycles.